The zero-order chi connectivity index (χ0) is 12.3. The van der Waals surface area contributed by atoms with Gasteiger partial charge in [-0.2, -0.15) is 0 Å². The first-order chi connectivity index (χ1) is 8.16. The molecular weight excluding hydrogens is 282 g/mol. The summed E-state index contributed by atoms with van der Waals surface area (Å²) in [5.41, 5.74) is 0.526. The summed E-state index contributed by atoms with van der Waals surface area (Å²) in [6, 6.07) is 3.62. The first-order valence-electron chi connectivity index (χ1n) is 5.76. The minimum atomic E-state index is 0.0350. The molecule has 0 unspecified atom stereocenters. The molecule has 0 aromatic carbocycles. The van der Waals surface area contributed by atoms with E-state index < -0.39 is 0 Å². The molecule has 0 N–H and O–H groups in total. The van der Waals surface area contributed by atoms with E-state index >= 15 is 0 Å². The number of nitrogens with zero attached hydrogens (tertiary/aromatic N) is 3. The van der Waals surface area contributed by atoms with Gasteiger partial charge in [0.2, 0.25) is 0 Å². The molecule has 0 aliphatic carbocycles. The molecular formula is C12H16BrN3O. The highest BCUT2D eigenvalue weighted by Crippen LogP contribution is 2.10. The van der Waals surface area contributed by atoms with Crippen LogP contribution in [0.1, 0.15) is 16.9 Å². The number of hydrogen-bond donors (Lipinski definition) is 0. The SMILES string of the molecule is CN1CCCN(C(=O)c2ccc(Br)cn2)CC1. The number of amides is 1. The Kier molecular flexibility index (Phi) is 4.12. The topological polar surface area (TPSA) is 36.4 Å². The molecule has 0 atom stereocenters. The van der Waals surface area contributed by atoms with Crippen molar-refractivity contribution < 1.29 is 4.79 Å². The zero-order valence-corrected chi connectivity index (χ0v) is 11.5. The molecule has 1 fully saturated rings. The van der Waals surface area contributed by atoms with Crippen LogP contribution >= 0.6 is 15.9 Å². The Hall–Kier alpha value is -0.940. The molecule has 1 aliphatic rings. The van der Waals surface area contributed by atoms with Crippen LogP contribution in [0, 0.1) is 0 Å². The van der Waals surface area contributed by atoms with Crippen LogP contribution < -0.4 is 0 Å². The van der Waals surface area contributed by atoms with E-state index in [0.29, 0.717) is 5.69 Å². The van der Waals surface area contributed by atoms with Gasteiger partial charge in [-0.3, -0.25) is 4.79 Å². The van der Waals surface area contributed by atoms with Crippen LogP contribution in [0.15, 0.2) is 22.8 Å². The van der Waals surface area contributed by atoms with Gasteiger partial charge in [0.1, 0.15) is 5.69 Å². The third-order valence-corrected chi connectivity index (χ3v) is 3.42. The van der Waals surface area contributed by atoms with Gasteiger partial charge in [-0.15, -0.1) is 0 Å². The van der Waals surface area contributed by atoms with Crippen LogP contribution in [0.2, 0.25) is 0 Å². The molecule has 2 rings (SSSR count). The maximum Gasteiger partial charge on any atom is 0.272 e. The van der Waals surface area contributed by atoms with Crippen molar-refractivity contribution in [3.8, 4) is 0 Å². The molecule has 5 heteroatoms. The normalized spacial score (nSPS) is 17.9. The zero-order valence-electron chi connectivity index (χ0n) is 9.90. The Morgan fingerprint density at radius 2 is 2.12 bits per heavy atom. The van der Waals surface area contributed by atoms with Gasteiger partial charge in [0, 0.05) is 30.3 Å². The van der Waals surface area contributed by atoms with Crippen molar-refractivity contribution in [2.24, 2.45) is 0 Å². The lowest BCUT2D eigenvalue weighted by molar-refractivity contribution is 0.0757. The third-order valence-electron chi connectivity index (χ3n) is 2.95. The fraction of sp³-hybridized carbons (Fsp3) is 0.500. The van der Waals surface area contributed by atoms with Crippen molar-refractivity contribution in [3.63, 3.8) is 0 Å². The Balaban J connectivity index is 2.06. The number of carbonyl (C=O) groups is 1. The summed E-state index contributed by atoms with van der Waals surface area (Å²) in [7, 11) is 2.09. The number of aromatic nitrogens is 1. The summed E-state index contributed by atoms with van der Waals surface area (Å²) < 4.78 is 0.893. The van der Waals surface area contributed by atoms with E-state index in [2.05, 4.69) is 32.9 Å². The van der Waals surface area contributed by atoms with Crippen LogP contribution in [0.3, 0.4) is 0 Å². The quantitative estimate of drug-likeness (QED) is 0.790. The van der Waals surface area contributed by atoms with Gasteiger partial charge in [0.05, 0.1) is 0 Å². The Morgan fingerprint density at radius 1 is 1.29 bits per heavy atom. The fourth-order valence-electron chi connectivity index (χ4n) is 1.91. The Bertz CT molecular complexity index is 393. The van der Waals surface area contributed by atoms with Crippen LogP contribution in [0.5, 0.6) is 0 Å². The second-order valence-corrected chi connectivity index (χ2v) is 5.23. The van der Waals surface area contributed by atoms with Gasteiger partial charge in [-0.05, 0) is 48.1 Å². The first kappa shape index (κ1) is 12.5. The number of carbonyl (C=O) groups excluding carboxylic acids is 1. The van der Waals surface area contributed by atoms with Crippen molar-refractivity contribution in [3.05, 3.63) is 28.5 Å². The molecule has 1 aliphatic heterocycles. The highest BCUT2D eigenvalue weighted by Gasteiger charge is 2.19. The Labute approximate surface area is 110 Å². The molecule has 92 valence electrons. The van der Waals surface area contributed by atoms with E-state index in [9.17, 15) is 4.79 Å². The predicted octanol–water partition coefficient (Wildman–Crippen LogP) is 1.62. The molecule has 0 radical (unpaired) electrons. The second kappa shape index (κ2) is 5.60. The van der Waals surface area contributed by atoms with Crippen LogP contribution in [-0.4, -0.2) is 53.9 Å². The molecule has 1 aromatic heterocycles. The molecule has 2 heterocycles. The van der Waals surface area contributed by atoms with Crippen molar-refractivity contribution in [2.45, 2.75) is 6.42 Å². The Morgan fingerprint density at radius 3 is 2.82 bits per heavy atom. The maximum absolute atomic E-state index is 12.2. The minimum Gasteiger partial charge on any atom is -0.336 e. The van der Waals surface area contributed by atoms with Gasteiger partial charge in [-0.25, -0.2) is 4.98 Å². The molecule has 0 spiro atoms. The van der Waals surface area contributed by atoms with E-state index in [-0.39, 0.29) is 5.91 Å². The average Bonchev–Trinajstić information content (AvgIpc) is 2.54. The van der Waals surface area contributed by atoms with Gasteiger partial charge in [0.15, 0.2) is 0 Å². The highest BCUT2D eigenvalue weighted by molar-refractivity contribution is 9.10. The summed E-state index contributed by atoms with van der Waals surface area (Å²) in [5, 5.41) is 0. The van der Waals surface area contributed by atoms with Gasteiger partial charge in [0.25, 0.3) is 5.91 Å². The number of rotatable bonds is 1. The predicted molar refractivity (Wildman–Crippen MR) is 70.0 cm³/mol. The van der Waals surface area contributed by atoms with Gasteiger partial charge < -0.3 is 9.80 Å². The van der Waals surface area contributed by atoms with E-state index in [0.717, 1.165) is 37.1 Å². The summed E-state index contributed by atoms with van der Waals surface area (Å²) in [6.07, 6.45) is 2.69. The summed E-state index contributed by atoms with van der Waals surface area (Å²) in [4.78, 5) is 20.5. The molecule has 17 heavy (non-hydrogen) atoms. The molecule has 1 amide bonds. The largest absolute Gasteiger partial charge is 0.336 e. The molecule has 0 bridgehead atoms. The van der Waals surface area contributed by atoms with Gasteiger partial charge >= 0.3 is 0 Å². The van der Waals surface area contributed by atoms with E-state index in [1.165, 1.54) is 0 Å². The third kappa shape index (κ3) is 3.26. The van der Waals surface area contributed by atoms with Crippen molar-refractivity contribution >= 4 is 21.8 Å². The van der Waals surface area contributed by atoms with E-state index in [1.807, 2.05) is 11.0 Å². The second-order valence-electron chi connectivity index (χ2n) is 4.31. The van der Waals surface area contributed by atoms with Crippen LogP contribution in [0.25, 0.3) is 0 Å². The smallest absolute Gasteiger partial charge is 0.272 e. The van der Waals surface area contributed by atoms with Gasteiger partial charge in [-0.1, -0.05) is 0 Å². The molecule has 1 aromatic rings. The van der Waals surface area contributed by atoms with Crippen LogP contribution in [-0.2, 0) is 0 Å². The summed E-state index contributed by atoms with van der Waals surface area (Å²) >= 11 is 3.32. The fourth-order valence-corrected chi connectivity index (χ4v) is 2.15. The van der Waals surface area contributed by atoms with Crippen molar-refractivity contribution in [1.82, 2.24) is 14.8 Å². The molecule has 4 nitrogen and oxygen atoms in total. The summed E-state index contributed by atoms with van der Waals surface area (Å²) in [6.45, 7) is 3.59. The number of likely N-dealkylation sites (N-methyl/N-ethyl adjacent to an activating group) is 1. The molecule has 0 saturated carbocycles. The first-order valence-corrected chi connectivity index (χ1v) is 6.55. The van der Waals surface area contributed by atoms with Crippen LogP contribution in [0.4, 0.5) is 0 Å². The highest BCUT2D eigenvalue weighted by atomic mass is 79.9. The standard InChI is InChI=1S/C12H16BrN3O/c1-15-5-2-6-16(8-7-15)12(17)11-4-3-10(13)9-14-11/h3-4,9H,2,5-8H2,1H3. The van der Waals surface area contributed by atoms with Crippen molar-refractivity contribution in [1.29, 1.82) is 0 Å². The molecule has 1 saturated heterocycles. The number of hydrogen-bond acceptors (Lipinski definition) is 3. The lowest BCUT2D eigenvalue weighted by Crippen LogP contribution is -2.34. The number of pyridine rings is 1. The van der Waals surface area contributed by atoms with Crippen molar-refractivity contribution in [2.75, 3.05) is 33.2 Å². The minimum absolute atomic E-state index is 0.0350. The lowest BCUT2D eigenvalue weighted by atomic mass is 10.3. The van der Waals surface area contributed by atoms with E-state index in [1.54, 1.807) is 12.3 Å². The maximum atomic E-state index is 12.2. The summed E-state index contributed by atoms with van der Waals surface area (Å²) in [5.74, 6) is 0.0350. The monoisotopic (exact) mass is 297 g/mol. The lowest BCUT2D eigenvalue weighted by Gasteiger charge is -2.19. The average molecular weight is 298 g/mol. The van der Waals surface area contributed by atoms with E-state index in [4.69, 9.17) is 0 Å². The number of halogens is 1.